The van der Waals surface area contributed by atoms with Crippen molar-refractivity contribution in [3.05, 3.63) is 24.3 Å². The van der Waals surface area contributed by atoms with Gasteiger partial charge in [-0.15, -0.1) is 9.24 Å². The molecule has 3 rings (SSSR count). The summed E-state index contributed by atoms with van der Waals surface area (Å²) >= 11 is 0. The first-order chi connectivity index (χ1) is 14.0. The number of aromatic nitrogens is 3. The van der Waals surface area contributed by atoms with Gasteiger partial charge in [-0.2, -0.15) is 41.3 Å². The van der Waals surface area contributed by atoms with Crippen molar-refractivity contribution in [3.8, 4) is 6.01 Å². The fourth-order valence-corrected chi connectivity index (χ4v) is 3.00. The number of halogens is 6. The van der Waals surface area contributed by atoms with Crippen LogP contribution in [0.2, 0.25) is 0 Å². The summed E-state index contributed by atoms with van der Waals surface area (Å²) in [6.45, 7) is 1.04. The molecule has 1 fully saturated rings. The van der Waals surface area contributed by atoms with E-state index in [0.29, 0.717) is 18.8 Å². The van der Waals surface area contributed by atoms with E-state index in [4.69, 9.17) is 0 Å². The maximum absolute atomic E-state index is 12.9. The zero-order valence-electron chi connectivity index (χ0n) is 15.5. The summed E-state index contributed by atoms with van der Waals surface area (Å²) in [5.41, 5.74) is 0.492. The van der Waals surface area contributed by atoms with Crippen molar-refractivity contribution in [2.75, 3.05) is 23.3 Å². The number of nitrogens with one attached hydrogen (secondary N) is 1. The third-order valence-corrected chi connectivity index (χ3v) is 4.61. The van der Waals surface area contributed by atoms with Gasteiger partial charge >= 0.3 is 18.4 Å². The number of hydrogen-bond donors (Lipinski definition) is 1. The summed E-state index contributed by atoms with van der Waals surface area (Å²) in [6.07, 6.45) is -12.9. The quantitative estimate of drug-likeness (QED) is 0.546. The molecule has 2 aromatic rings. The van der Waals surface area contributed by atoms with Crippen molar-refractivity contribution in [2.24, 2.45) is 0 Å². The van der Waals surface area contributed by atoms with Crippen LogP contribution in [0.3, 0.4) is 0 Å². The molecule has 0 bridgehead atoms. The van der Waals surface area contributed by atoms with Gasteiger partial charge in [-0.3, -0.25) is 0 Å². The van der Waals surface area contributed by atoms with Gasteiger partial charge in [0.1, 0.15) is 0 Å². The van der Waals surface area contributed by atoms with Crippen molar-refractivity contribution in [2.45, 2.75) is 37.7 Å². The minimum atomic E-state index is -5.68. The first kappa shape index (κ1) is 22.3. The van der Waals surface area contributed by atoms with E-state index in [0.717, 1.165) is 24.6 Å². The number of benzene rings is 1. The van der Waals surface area contributed by atoms with E-state index in [-0.39, 0.29) is 11.9 Å². The highest BCUT2D eigenvalue weighted by Gasteiger charge is 2.59. The Balaban J connectivity index is 1.95. The molecule has 1 atom stereocenters. The molecule has 1 aliphatic rings. The van der Waals surface area contributed by atoms with Gasteiger partial charge in [0, 0.05) is 18.8 Å². The van der Waals surface area contributed by atoms with Crippen LogP contribution in [0, 0.1) is 0 Å². The van der Waals surface area contributed by atoms with Gasteiger partial charge in [0.05, 0.1) is 0 Å². The highest BCUT2D eigenvalue weighted by molar-refractivity contribution is 7.27. The standard InChI is InChI=1S/C17H18F6N5OP/c18-16(19,20)12(17(21,22)23)29-15-26-13(24-10-4-6-11(30)7-5-10)25-14(27-15)28-8-2-1-3-9-28/h4-7,12H,1-3,8-9,30H2,(H,24,25,26,27). The highest BCUT2D eigenvalue weighted by atomic mass is 31.0. The number of nitrogens with zero attached hydrogens (tertiary/aromatic N) is 4. The van der Waals surface area contributed by atoms with Crippen LogP contribution >= 0.6 is 9.24 Å². The topological polar surface area (TPSA) is 63.2 Å². The predicted molar refractivity (Wildman–Crippen MR) is 101 cm³/mol. The van der Waals surface area contributed by atoms with E-state index < -0.39 is 24.5 Å². The van der Waals surface area contributed by atoms with E-state index in [1.807, 2.05) is 0 Å². The summed E-state index contributed by atoms with van der Waals surface area (Å²) in [5, 5.41) is 3.64. The average molecular weight is 453 g/mol. The molecule has 30 heavy (non-hydrogen) atoms. The normalized spacial score (nSPS) is 15.4. The molecule has 0 amide bonds. The summed E-state index contributed by atoms with van der Waals surface area (Å²) in [6, 6.07) is 5.72. The minimum Gasteiger partial charge on any atom is -0.440 e. The van der Waals surface area contributed by atoms with Crippen LogP contribution < -0.4 is 20.3 Å². The molecule has 1 N–H and O–H groups in total. The molecule has 164 valence electrons. The third-order valence-electron chi connectivity index (χ3n) is 4.23. The third kappa shape index (κ3) is 5.84. The van der Waals surface area contributed by atoms with Gasteiger partial charge in [0.2, 0.25) is 11.9 Å². The van der Waals surface area contributed by atoms with Crippen molar-refractivity contribution in [1.82, 2.24) is 15.0 Å². The molecule has 0 spiro atoms. The van der Waals surface area contributed by atoms with Gasteiger partial charge < -0.3 is 15.0 Å². The summed E-state index contributed by atoms with van der Waals surface area (Å²) < 4.78 is 81.6. The molecule has 0 saturated carbocycles. The first-order valence-corrected chi connectivity index (χ1v) is 9.54. The number of piperidine rings is 1. The van der Waals surface area contributed by atoms with Crippen LogP contribution in [0.4, 0.5) is 43.9 Å². The maximum Gasteiger partial charge on any atom is 0.434 e. The number of anilines is 3. The SMILES string of the molecule is FC(F)(F)C(Oc1nc(Nc2ccc(P)cc2)nc(N2CCCCC2)n1)C(F)(F)F. The van der Waals surface area contributed by atoms with Gasteiger partial charge in [-0.05, 0) is 36.7 Å². The van der Waals surface area contributed by atoms with E-state index in [1.165, 1.54) is 0 Å². The molecular weight excluding hydrogens is 435 g/mol. The fourth-order valence-electron chi connectivity index (χ4n) is 2.81. The van der Waals surface area contributed by atoms with Crippen LogP contribution in [0.5, 0.6) is 6.01 Å². The minimum absolute atomic E-state index is 0.0482. The molecule has 0 aliphatic carbocycles. The van der Waals surface area contributed by atoms with E-state index in [2.05, 4.69) is 34.2 Å². The molecule has 6 nitrogen and oxygen atoms in total. The second kappa shape index (κ2) is 8.79. The van der Waals surface area contributed by atoms with Crippen molar-refractivity contribution >= 4 is 32.1 Å². The smallest absolute Gasteiger partial charge is 0.434 e. The lowest BCUT2D eigenvalue weighted by molar-refractivity contribution is -0.301. The monoisotopic (exact) mass is 453 g/mol. The Bertz CT molecular complexity index is 841. The first-order valence-electron chi connectivity index (χ1n) is 8.96. The zero-order valence-corrected chi connectivity index (χ0v) is 16.6. The largest absolute Gasteiger partial charge is 0.440 e. The number of rotatable bonds is 5. The van der Waals surface area contributed by atoms with Crippen LogP contribution in [0.15, 0.2) is 24.3 Å². The molecule has 2 heterocycles. The number of alkyl halides is 6. The molecular formula is C17H18F6N5OP. The number of ether oxygens (including phenoxy) is 1. The van der Waals surface area contributed by atoms with Crippen molar-refractivity contribution < 1.29 is 31.1 Å². The molecule has 1 saturated heterocycles. The second-order valence-corrected chi connectivity index (χ2v) is 7.28. The fraction of sp³-hybridized carbons (Fsp3) is 0.471. The Hall–Kier alpha value is -2.36. The van der Waals surface area contributed by atoms with Crippen LogP contribution in [-0.2, 0) is 0 Å². The second-order valence-electron chi connectivity index (χ2n) is 6.62. The molecule has 13 heteroatoms. The van der Waals surface area contributed by atoms with Crippen molar-refractivity contribution in [3.63, 3.8) is 0 Å². The summed E-state index contributed by atoms with van der Waals surface area (Å²) in [4.78, 5) is 13.2. The molecule has 1 aromatic heterocycles. The lowest BCUT2D eigenvalue weighted by atomic mass is 10.1. The molecule has 0 radical (unpaired) electrons. The lowest BCUT2D eigenvalue weighted by Crippen LogP contribution is -2.47. The zero-order chi connectivity index (χ0) is 21.9. The predicted octanol–water partition coefficient (Wildman–Crippen LogP) is 3.98. The molecule has 1 unspecified atom stereocenters. The Labute approximate surface area is 170 Å². The highest BCUT2D eigenvalue weighted by Crippen LogP contribution is 2.36. The van der Waals surface area contributed by atoms with E-state index in [1.54, 1.807) is 29.2 Å². The van der Waals surface area contributed by atoms with Gasteiger partial charge in [-0.1, -0.05) is 12.1 Å². The Morgan fingerprint density at radius 3 is 2.07 bits per heavy atom. The maximum atomic E-state index is 12.9. The molecule has 1 aromatic carbocycles. The van der Waals surface area contributed by atoms with Gasteiger partial charge in [-0.25, -0.2) is 0 Å². The summed E-state index contributed by atoms with van der Waals surface area (Å²) in [7, 11) is 2.48. The Morgan fingerprint density at radius 1 is 0.900 bits per heavy atom. The van der Waals surface area contributed by atoms with E-state index in [9.17, 15) is 26.3 Å². The van der Waals surface area contributed by atoms with Crippen LogP contribution in [0.25, 0.3) is 0 Å². The lowest BCUT2D eigenvalue weighted by Gasteiger charge is -2.27. The van der Waals surface area contributed by atoms with Crippen LogP contribution in [-0.4, -0.2) is 46.5 Å². The molecule has 1 aliphatic heterocycles. The van der Waals surface area contributed by atoms with Gasteiger partial charge in [0.25, 0.3) is 6.10 Å². The number of hydrogen-bond acceptors (Lipinski definition) is 6. The Kier molecular flexibility index (Phi) is 6.54. The average Bonchev–Trinajstić information content (AvgIpc) is 2.67. The van der Waals surface area contributed by atoms with Gasteiger partial charge in [0.15, 0.2) is 0 Å². The van der Waals surface area contributed by atoms with E-state index >= 15 is 0 Å². The van der Waals surface area contributed by atoms with Crippen LogP contribution in [0.1, 0.15) is 19.3 Å². The Morgan fingerprint density at radius 2 is 1.50 bits per heavy atom. The summed E-state index contributed by atoms with van der Waals surface area (Å²) in [5.74, 6) is -0.270. The van der Waals surface area contributed by atoms with Crippen molar-refractivity contribution in [1.29, 1.82) is 0 Å².